The number of carbonyl (C=O) groups is 1. The Balaban J connectivity index is 2.87. The Morgan fingerprint density at radius 3 is 2.68 bits per heavy atom. The fourth-order valence-electron chi connectivity index (χ4n) is 1.39. The van der Waals surface area contributed by atoms with Crippen molar-refractivity contribution < 1.29 is 13.9 Å². The molecule has 1 unspecified atom stereocenters. The highest BCUT2D eigenvalue weighted by molar-refractivity contribution is 8.00. The minimum Gasteiger partial charge on any atom is -0.462 e. The predicted octanol–water partition coefficient (Wildman–Crippen LogP) is 3.88. The average Bonchev–Trinajstić information content (AvgIpc) is 2.31. The molecule has 0 saturated heterocycles. The van der Waals surface area contributed by atoms with Gasteiger partial charge in [0.05, 0.1) is 16.8 Å². The van der Waals surface area contributed by atoms with Gasteiger partial charge in [-0.2, -0.15) is 0 Å². The van der Waals surface area contributed by atoms with E-state index in [2.05, 4.69) is 0 Å². The molecule has 0 saturated carbocycles. The molecule has 19 heavy (non-hydrogen) atoms. The Morgan fingerprint density at radius 2 is 2.16 bits per heavy atom. The molecule has 0 amide bonds. The lowest BCUT2D eigenvalue weighted by molar-refractivity contribution is -0.146. The zero-order valence-electron chi connectivity index (χ0n) is 11.1. The number of anilines is 1. The minimum atomic E-state index is -0.563. The molecule has 0 spiro atoms. The fourth-order valence-corrected chi connectivity index (χ4v) is 2.67. The Bertz CT molecular complexity index is 468. The molecule has 0 aliphatic rings. The molecular formula is C13H17ClFNO2S. The first-order chi connectivity index (χ1) is 8.85. The highest BCUT2D eigenvalue weighted by Crippen LogP contribution is 2.35. The van der Waals surface area contributed by atoms with E-state index in [9.17, 15) is 9.18 Å². The normalized spacial score (nSPS) is 12.5. The molecule has 2 N–H and O–H groups in total. The number of thioether (sulfide) groups is 1. The monoisotopic (exact) mass is 305 g/mol. The molecule has 3 nitrogen and oxygen atoms in total. The van der Waals surface area contributed by atoms with Gasteiger partial charge in [-0.1, -0.05) is 18.5 Å². The molecule has 1 aromatic carbocycles. The SMILES string of the molecule is CCC(Sc1cc(N)c(F)cc1Cl)C(=O)OC(C)C. The van der Waals surface area contributed by atoms with Crippen LogP contribution in [0.5, 0.6) is 0 Å². The van der Waals surface area contributed by atoms with Crippen LogP contribution in [-0.2, 0) is 9.53 Å². The lowest BCUT2D eigenvalue weighted by Crippen LogP contribution is -2.22. The molecular weight excluding hydrogens is 289 g/mol. The third kappa shape index (κ3) is 4.58. The summed E-state index contributed by atoms with van der Waals surface area (Å²) < 4.78 is 18.4. The van der Waals surface area contributed by atoms with E-state index in [0.717, 1.165) is 6.07 Å². The summed E-state index contributed by atoms with van der Waals surface area (Å²) in [6.07, 6.45) is 0.417. The Morgan fingerprint density at radius 1 is 1.53 bits per heavy atom. The first kappa shape index (κ1) is 16.1. The second kappa shape index (κ2) is 7.01. The topological polar surface area (TPSA) is 52.3 Å². The van der Waals surface area contributed by atoms with Crippen molar-refractivity contribution in [2.45, 2.75) is 43.4 Å². The van der Waals surface area contributed by atoms with Gasteiger partial charge in [-0.15, -0.1) is 11.8 Å². The molecule has 1 aromatic rings. The molecule has 0 aliphatic heterocycles. The van der Waals surface area contributed by atoms with Gasteiger partial charge in [-0.3, -0.25) is 4.79 Å². The van der Waals surface area contributed by atoms with Gasteiger partial charge in [0.15, 0.2) is 0 Å². The van der Waals surface area contributed by atoms with Gasteiger partial charge in [0.1, 0.15) is 11.1 Å². The van der Waals surface area contributed by atoms with Crippen LogP contribution in [0.2, 0.25) is 5.02 Å². The van der Waals surface area contributed by atoms with Crippen LogP contribution in [0.25, 0.3) is 0 Å². The number of halogens is 2. The fraction of sp³-hybridized carbons (Fsp3) is 0.462. The number of hydrogen-bond donors (Lipinski definition) is 1. The van der Waals surface area contributed by atoms with E-state index in [1.165, 1.54) is 17.8 Å². The molecule has 0 fully saturated rings. The van der Waals surface area contributed by atoms with Gasteiger partial charge in [0, 0.05) is 4.90 Å². The maximum atomic E-state index is 13.2. The number of hydrogen-bond acceptors (Lipinski definition) is 4. The summed E-state index contributed by atoms with van der Waals surface area (Å²) in [5.41, 5.74) is 5.51. The summed E-state index contributed by atoms with van der Waals surface area (Å²) >= 11 is 7.18. The maximum absolute atomic E-state index is 13.2. The molecule has 1 atom stereocenters. The molecule has 106 valence electrons. The van der Waals surface area contributed by atoms with Gasteiger partial charge in [0.2, 0.25) is 0 Å². The third-order valence-electron chi connectivity index (χ3n) is 2.31. The maximum Gasteiger partial charge on any atom is 0.319 e. The minimum absolute atomic E-state index is 0.0129. The van der Waals surface area contributed by atoms with Crippen molar-refractivity contribution >= 4 is 35.0 Å². The Labute approximate surface area is 121 Å². The van der Waals surface area contributed by atoms with Crippen molar-refractivity contribution in [2.75, 3.05) is 5.73 Å². The average molecular weight is 306 g/mol. The number of benzene rings is 1. The van der Waals surface area contributed by atoms with Crippen molar-refractivity contribution in [3.8, 4) is 0 Å². The highest BCUT2D eigenvalue weighted by Gasteiger charge is 2.22. The first-order valence-corrected chi connectivity index (χ1v) is 7.22. The molecule has 0 aromatic heterocycles. The second-order valence-corrected chi connectivity index (χ2v) is 5.96. The van der Waals surface area contributed by atoms with Crippen LogP contribution >= 0.6 is 23.4 Å². The third-order valence-corrected chi connectivity index (χ3v) is 4.13. The van der Waals surface area contributed by atoms with Crippen LogP contribution in [0.4, 0.5) is 10.1 Å². The summed E-state index contributed by atoms with van der Waals surface area (Å²) in [5.74, 6) is -0.867. The van der Waals surface area contributed by atoms with E-state index in [4.69, 9.17) is 22.1 Å². The molecule has 0 heterocycles. The van der Waals surface area contributed by atoms with E-state index < -0.39 is 5.82 Å². The number of esters is 1. The lowest BCUT2D eigenvalue weighted by Gasteiger charge is -2.16. The smallest absolute Gasteiger partial charge is 0.319 e. The van der Waals surface area contributed by atoms with Crippen molar-refractivity contribution in [3.05, 3.63) is 23.0 Å². The largest absolute Gasteiger partial charge is 0.462 e. The molecule has 1 rings (SSSR count). The van der Waals surface area contributed by atoms with Gasteiger partial charge in [0.25, 0.3) is 0 Å². The van der Waals surface area contributed by atoms with E-state index in [1.54, 1.807) is 13.8 Å². The number of carbonyl (C=O) groups excluding carboxylic acids is 1. The summed E-state index contributed by atoms with van der Waals surface area (Å²) in [5, 5.41) is -0.141. The lowest BCUT2D eigenvalue weighted by atomic mass is 10.3. The van der Waals surface area contributed by atoms with Crippen molar-refractivity contribution in [3.63, 3.8) is 0 Å². The number of ether oxygens (including phenoxy) is 1. The van der Waals surface area contributed by atoms with Crippen molar-refractivity contribution in [2.24, 2.45) is 0 Å². The summed E-state index contributed by atoms with van der Waals surface area (Å²) in [6, 6.07) is 2.59. The Hall–Kier alpha value is -0.940. The standard InChI is InChI=1S/C13H17ClFNO2S/c1-4-11(13(17)18-7(2)3)19-12-6-10(16)9(15)5-8(12)14/h5-7,11H,4,16H2,1-3H3. The first-order valence-electron chi connectivity index (χ1n) is 5.96. The number of nitrogen functional groups attached to an aromatic ring is 1. The molecule has 0 bridgehead atoms. The molecule has 6 heteroatoms. The van der Waals surface area contributed by atoms with E-state index in [1.807, 2.05) is 6.92 Å². The van der Waals surface area contributed by atoms with Gasteiger partial charge < -0.3 is 10.5 Å². The molecule has 0 aliphatic carbocycles. The number of nitrogens with two attached hydrogens (primary N) is 1. The van der Waals surface area contributed by atoms with Crippen molar-refractivity contribution in [1.29, 1.82) is 0 Å². The van der Waals surface area contributed by atoms with Crippen LogP contribution < -0.4 is 5.73 Å². The van der Waals surface area contributed by atoms with Crippen LogP contribution in [0.1, 0.15) is 27.2 Å². The van der Waals surface area contributed by atoms with E-state index in [-0.39, 0.29) is 28.0 Å². The van der Waals surface area contributed by atoms with Crippen LogP contribution in [0.15, 0.2) is 17.0 Å². The quantitative estimate of drug-likeness (QED) is 0.509. The van der Waals surface area contributed by atoms with Crippen molar-refractivity contribution in [1.82, 2.24) is 0 Å². The number of rotatable bonds is 5. The van der Waals surface area contributed by atoms with Crippen LogP contribution in [0.3, 0.4) is 0 Å². The summed E-state index contributed by atoms with van der Waals surface area (Å²) in [7, 11) is 0. The van der Waals surface area contributed by atoms with E-state index in [0.29, 0.717) is 11.3 Å². The van der Waals surface area contributed by atoms with Crippen LogP contribution in [0, 0.1) is 5.82 Å². The van der Waals surface area contributed by atoms with Gasteiger partial charge >= 0.3 is 5.97 Å². The second-order valence-electron chi connectivity index (χ2n) is 4.30. The predicted molar refractivity (Wildman–Crippen MR) is 77.0 cm³/mol. The van der Waals surface area contributed by atoms with Gasteiger partial charge in [-0.05, 0) is 32.4 Å². The summed E-state index contributed by atoms with van der Waals surface area (Å²) in [4.78, 5) is 12.4. The van der Waals surface area contributed by atoms with Crippen LogP contribution in [-0.4, -0.2) is 17.3 Å². The Kier molecular flexibility index (Phi) is 5.94. The van der Waals surface area contributed by atoms with Gasteiger partial charge in [-0.25, -0.2) is 4.39 Å². The zero-order valence-corrected chi connectivity index (χ0v) is 12.6. The molecule has 0 radical (unpaired) electrons. The zero-order chi connectivity index (χ0) is 14.6. The summed E-state index contributed by atoms with van der Waals surface area (Å²) in [6.45, 7) is 5.45. The highest BCUT2D eigenvalue weighted by atomic mass is 35.5. The van der Waals surface area contributed by atoms with E-state index >= 15 is 0 Å².